The smallest absolute Gasteiger partial charge is 0.319 e. The van der Waals surface area contributed by atoms with Crippen molar-refractivity contribution in [2.75, 3.05) is 41.3 Å². The van der Waals surface area contributed by atoms with Gasteiger partial charge in [-0.2, -0.15) is 0 Å². The quantitative estimate of drug-likeness (QED) is 0.823. The molecule has 3 aliphatic rings. The largest absolute Gasteiger partial charge is 0.370 e. The van der Waals surface area contributed by atoms with Crippen molar-refractivity contribution in [3.8, 4) is 0 Å². The second kappa shape index (κ2) is 7.21. The topological polar surface area (TPSA) is 47.6 Å². The molecule has 2 aromatic rings. The van der Waals surface area contributed by atoms with Crippen LogP contribution < -0.4 is 20.4 Å². The third-order valence-corrected chi connectivity index (χ3v) is 6.34. The second-order valence-corrected chi connectivity index (χ2v) is 8.16. The Labute approximate surface area is 168 Å². The molecule has 3 atom stereocenters. The number of hydrogen-bond acceptors (Lipinski definition) is 3. The molecule has 2 aromatic carbocycles. The number of anilines is 3. The van der Waals surface area contributed by atoms with Crippen molar-refractivity contribution >= 4 is 23.1 Å². The molecule has 0 aromatic heterocycles. The minimum Gasteiger partial charge on any atom is -0.370 e. The van der Waals surface area contributed by atoms with E-state index in [2.05, 4.69) is 15.5 Å². The third kappa shape index (κ3) is 3.50. The number of halogens is 2. The summed E-state index contributed by atoms with van der Waals surface area (Å²) in [6, 6.07) is 11.5. The molecule has 2 N–H and O–H groups in total. The van der Waals surface area contributed by atoms with Crippen LogP contribution in [-0.2, 0) is 0 Å². The lowest BCUT2D eigenvalue weighted by Crippen LogP contribution is -2.37. The van der Waals surface area contributed by atoms with Gasteiger partial charge in [0.05, 0.1) is 17.1 Å². The van der Waals surface area contributed by atoms with Crippen molar-refractivity contribution in [1.82, 2.24) is 5.32 Å². The fourth-order valence-electron chi connectivity index (χ4n) is 4.80. The fourth-order valence-corrected chi connectivity index (χ4v) is 4.80. The standard InChI is InChI=1S/C22H24F2N4O/c23-14-7-8-19(17(24)11-14)28-12-15-16(13-28)21(15)26-22(29)25-18-5-1-2-6-20(18)27-9-3-4-10-27/h1-2,5-8,11,15-16,21H,3-4,9-10,12-13H2,(H2,25,26,29)/t15-,16+,21?. The number of carbonyl (C=O) groups excluding carboxylic acids is 1. The lowest BCUT2D eigenvalue weighted by atomic mass is 10.2. The lowest BCUT2D eigenvalue weighted by molar-refractivity contribution is 0.250. The predicted octanol–water partition coefficient (Wildman–Crippen LogP) is 3.82. The number of hydrogen-bond donors (Lipinski definition) is 2. The number of amides is 2. The van der Waals surface area contributed by atoms with Crippen LogP contribution in [0.25, 0.3) is 0 Å². The minimum atomic E-state index is -0.568. The minimum absolute atomic E-state index is 0.105. The zero-order valence-electron chi connectivity index (χ0n) is 16.1. The summed E-state index contributed by atoms with van der Waals surface area (Å²) >= 11 is 0. The first-order valence-electron chi connectivity index (χ1n) is 10.2. The Kier molecular flexibility index (Phi) is 4.53. The zero-order chi connectivity index (χ0) is 20.0. The number of nitrogens with zero attached hydrogens (tertiary/aromatic N) is 2. The summed E-state index contributed by atoms with van der Waals surface area (Å²) in [5.74, 6) is -0.494. The van der Waals surface area contributed by atoms with Crippen LogP contribution in [0.1, 0.15) is 12.8 Å². The molecule has 2 aliphatic heterocycles. The highest BCUT2D eigenvalue weighted by molar-refractivity contribution is 5.93. The van der Waals surface area contributed by atoms with Crippen molar-refractivity contribution in [2.45, 2.75) is 18.9 Å². The predicted molar refractivity (Wildman–Crippen MR) is 109 cm³/mol. The molecule has 2 saturated heterocycles. The molecule has 0 radical (unpaired) electrons. The van der Waals surface area contributed by atoms with Crippen LogP contribution in [0.2, 0.25) is 0 Å². The van der Waals surface area contributed by atoms with Crippen LogP contribution in [0.3, 0.4) is 0 Å². The number of piperidine rings is 1. The Morgan fingerprint density at radius 1 is 0.931 bits per heavy atom. The Hall–Kier alpha value is -2.83. The molecule has 7 heteroatoms. The van der Waals surface area contributed by atoms with E-state index in [9.17, 15) is 13.6 Å². The van der Waals surface area contributed by atoms with Gasteiger partial charge in [-0.3, -0.25) is 0 Å². The number of para-hydroxylation sites is 2. The number of rotatable bonds is 4. The molecule has 3 fully saturated rings. The first-order chi connectivity index (χ1) is 14.1. The molecule has 0 bridgehead atoms. The molecule has 29 heavy (non-hydrogen) atoms. The Morgan fingerprint density at radius 2 is 1.66 bits per heavy atom. The van der Waals surface area contributed by atoms with E-state index in [-0.39, 0.29) is 12.1 Å². The van der Waals surface area contributed by atoms with E-state index in [0.29, 0.717) is 30.6 Å². The molecule has 5 nitrogen and oxygen atoms in total. The van der Waals surface area contributed by atoms with Crippen molar-refractivity contribution < 1.29 is 13.6 Å². The number of carbonyl (C=O) groups is 1. The highest BCUT2D eigenvalue weighted by Crippen LogP contribution is 2.47. The lowest BCUT2D eigenvalue weighted by Gasteiger charge is -2.23. The first-order valence-corrected chi connectivity index (χ1v) is 10.2. The van der Waals surface area contributed by atoms with Gasteiger partial charge < -0.3 is 20.4 Å². The molecule has 1 saturated carbocycles. The van der Waals surface area contributed by atoms with E-state index >= 15 is 0 Å². The summed E-state index contributed by atoms with van der Waals surface area (Å²) in [6.07, 6.45) is 2.36. The molecule has 2 amide bonds. The van der Waals surface area contributed by atoms with Crippen molar-refractivity contribution in [1.29, 1.82) is 0 Å². The summed E-state index contributed by atoms with van der Waals surface area (Å²) in [5, 5.41) is 6.07. The molecule has 1 aliphatic carbocycles. The Morgan fingerprint density at radius 3 is 2.38 bits per heavy atom. The highest BCUT2D eigenvalue weighted by atomic mass is 19.1. The van der Waals surface area contributed by atoms with Crippen LogP contribution in [0.5, 0.6) is 0 Å². The third-order valence-electron chi connectivity index (χ3n) is 6.34. The number of urea groups is 1. The molecule has 2 heterocycles. The summed E-state index contributed by atoms with van der Waals surface area (Å²) in [4.78, 5) is 16.8. The molecule has 0 spiro atoms. The fraction of sp³-hybridized carbons (Fsp3) is 0.409. The van der Waals surface area contributed by atoms with E-state index in [1.54, 1.807) is 0 Å². The van der Waals surface area contributed by atoms with Gasteiger partial charge in [0, 0.05) is 50.1 Å². The summed E-state index contributed by atoms with van der Waals surface area (Å²) in [6.45, 7) is 3.37. The number of fused-ring (bicyclic) bond motifs is 1. The second-order valence-electron chi connectivity index (χ2n) is 8.16. The van der Waals surface area contributed by atoms with E-state index in [0.717, 1.165) is 30.5 Å². The molecular formula is C22H24F2N4O. The average molecular weight is 398 g/mol. The maximum Gasteiger partial charge on any atom is 0.319 e. The number of nitrogens with one attached hydrogen (secondary N) is 2. The van der Waals surface area contributed by atoms with Gasteiger partial charge >= 0.3 is 6.03 Å². The maximum atomic E-state index is 14.0. The summed E-state index contributed by atoms with van der Waals surface area (Å²) < 4.78 is 27.1. The Bertz CT molecular complexity index is 919. The highest BCUT2D eigenvalue weighted by Gasteiger charge is 2.56. The van der Waals surface area contributed by atoms with Crippen LogP contribution in [0, 0.1) is 23.5 Å². The van der Waals surface area contributed by atoms with E-state index in [4.69, 9.17) is 0 Å². The Balaban J connectivity index is 1.17. The number of benzene rings is 2. The van der Waals surface area contributed by atoms with Crippen LogP contribution >= 0.6 is 0 Å². The van der Waals surface area contributed by atoms with Gasteiger partial charge in [0.2, 0.25) is 0 Å². The average Bonchev–Trinajstić information content (AvgIpc) is 3.13. The van der Waals surface area contributed by atoms with E-state index < -0.39 is 11.6 Å². The van der Waals surface area contributed by atoms with Crippen molar-refractivity contribution in [3.63, 3.8) is 0 Å². The maximum absolute atomic E-state index is 14.0. The van der Waals surface area contributed by atoms with Crippen LogP contribution in [-0.4, -0.2) is 38.3 Å². The molecule has 5 rings (SSSR count). The van der Waals surface area contributed by atoms with Gasteiger partial charge in [-0.15, -0.1) is 0 Å². The van der Waals surface area contributed by atoms with Gasteiger partial charge in [0.1, 0.15) is 11.6 Å². The van der Waals surface area contributed by atoms with Crippen LogP contribution in [0.15, 0.2) is 42.5 Å². The van der Waals surface area contributed by atoms with Crippen molar-refractivity contribution in [3.05, 3.63) is 54.1 Å². The van der Waals surface area contributed by atoms with Gasteiger partial charge in [0.15, 0.2) is 0 Å². The zero-order valence-corrected chi connectivity index (χ0v) is 16.1. The summed E-state index contributed by atoms with van der Waals surface area (Å²) in [5.41, 5.74) is 2.32. The van der Waals surface area contributed by atoms with Gasteiger partial charge in [-0.1, -0.05) is 12.1 Å². The van der Waals surface area contributed by atoms with E-state index in [1.165, 1.54) is 25.0 Å². The normalized spacial score (nSPS) is 25.1. The summed E-state index contributed by atoms with van der Waals surface area (Å²) in [7, 11) is 0. The SMILES string of the molecule is O=C(Nc1ccccc1N1CCCC1)NC1[C@H]2CN(c3ccc(F)cc3F)C[C@@H]12. The van der Waals surface area contributed by atoms with Gasteiger partial charge in [-0.05, 0) is 37.1 Å². The van der Waals surface area contributed by atoms with Gasteiger partial charge in [-0.25, -0.2) is 13.6 Å². The van der Waals surface area contributed by atoms with Gasteiger partial charge in [0.25, 0.3) is 0 Å². The molecular weight excluding hydrogens is 374 g/mol. The first kappa shape index (κ1) is 18.2. The molecule has 1 unspecified atom stereocenters. The van der Waals surface area contributed by atoms with Crippen molar-refractivity contribution in [2.24, 2.45) is 11.8 Å². The van der Waals surface area contributed by atoms with Crippen LogP contribution in [0.4, 0.5) is 30.6 Å². The molecule has 152 valence electrons. The monoisotopic (exact) mass is 398 g/mol. The van der Waals surface area contributed by atoms with E-state index in [1.807, 2.05) is 29.2 Å².